The molecule has 1 atom stereocenters. The Kier molecular flexibility index (Phi) is 3.84. The molecule has 20 heavy (non-hydrogen) atoms. The molecule has 1 aromatic carbocycles. The van der Waals surface area contributed by atoms with E-state index in [9.17, 15) is 18.5 Å². The molecule has 7 heteroatoms. The third kappa shape index (κ3) is 2.69. The summed E-state index contributed by atoms with van der Waals surface area (Å²) in [6.45, 7) is 3.44. The lowest BCUT2D eigenvalue weighted by atomic mass is 10.2. The van der Waals surface area contributed by atoms with Crippen molar-refractivity contribution in [2.75, 3.05) is 7.05 Å². The van der Waals surface area contributed by atoms with Crippen LogP contribution in [0.4, 0.5) is 5.69 Å². The molecule has 1 saturated carbocycles. The molecule has 0 N–H and O–H groups in total. The third-order valence-corrected chi connectivity index (χ3v) is 5.86. The quantitative estimate of drug-likeness (QED) is 0.617. The van der Waals surface area contributed by atoms with Gasteiger partial charge in [-0.1, -0.05) is 0 Å². The van der Waals surface area contributed by atoms with Crippen LogP contribution in [-0.2, 0) is 10.0 Å². The van der Waals surface area contributed by atoms with Gasteiger partial charge in [-0.05, 0) is 44.7 Å². The third-order valence-electron chi connectivity index (χ3n) is 3.92. The van der Waals surface area contributed by atoms with Crippen LogP contribution in [0.5, 0.6) is 0 Å². The van der Waals surface area contributed by atoms with E-state index in [1.807, 2.05) is 6.92 Å². The lowest BCUT2D eigenvalue weighted by Crippen LogP contribution is -2.36. The van der Waals surface area contributed by atoms with Crippen LogP contribution in [0.1, 0.15) is 25.3 Å². The lowest BCUT2D eigenvalue weighted by Gasteiger charge is -2.24. The summed E-state index contributed by atoms with van der Waals surface area (Å²) in [7, 11) is -2.03. The standard InChI is InChI=1S/C13H18N2O4S/c1-9-8-12(6-7-13(9)15(16)17)20(18,19)14(3)10(2)11-4-5-11/h6-8,10-11H,4-5H2,1-3H3. The number of rotatable bonds is 5. The summed E-state index contributed by atoms with van der Waals surface area (Å²) in [6.07, 6.45) is 2.11. The average molecular weight is 298 g/mol. The number of nitro benzene ring substituents is 1. The fourth-order valence-electron chi connectivity index (χ4n) is 2.25. The Balaban J connectivity index is 2.34. The second kappa shape index (κ2) is 5.14. The van der Waals surface area contributed by atoms with Crippen molar-refractivity contribution in [2.24, 2.45) is 5.92 Å². The number of aryl methyl sites for hydroxylation is 1. The molecule has 1 fully saturated rings. The summed E-state index contributed by atoms with van der Waals surface area (Å²) in [6, 6.07) is 3.87. The van der Waals surface area contributed by atoms with Gasteiger partial charge >= 0.3 is 0 Å². The number of nitro groups is 1. The van der Waals surface area contributed by atoms with E-state index in [2.05, 4.69) is 0 Å². The molecule has 0 aromatic heterocycles. The molecule has 1 unspecified atom stereocenters. The molecule has 1 aliphatic carbocycles. The van der Waals surface area contributed by atoms with Gasteiger partial charge in [0.05, 0.1) is 9.82 Å². The van der Waals surface area contributed by atoms with E-state index in [1.165, 1.54) is 22.5 Å². The van der Waals surface area contributed by atoms with Gasteiger partial charge in [-0.3, -0.25) is 10.1 Å². The SMILES string of the molecule is Cc1cc(S(=O)(=O)N(C)C(C)C2CC2)ccc1[N+](=O)[O-]. The van der Waals surface area contributed by atoms with Gasteiger partial charge in [-0.15, -0.1) is 0 Å². The molecular formula is C13H18N2O4S. The van der Waals surface area contributed by atoms with Crippen LogP contribution < -0.4 is 0 Å². The maximum Gasteiger partial charge on any atom is 0.272 e. The van der Waals surface area contributed by atoms with Crippen LogP contribution in [0.2, 0.25) is 0 Å². The Labute approximate surface area is 118 Å². The predicted molar refractivity (Wildman–Crippen MR) is 75.0 cm³/mol. The molecule has 1 aliphatic rings. The van der Waals surface area contributed by atoms with Crippen molar-refractivity contribution in [3.05, 3.63) is 33.9 Å². The van der Waals surface area contributed by atoms with Gasteiger partial charge < -0.3 is 0 Å². The Morgan fingerprint density at radius 1 is 1.40 bits per heavy atom. The topological polar surface area (TPSA) is 80.5 Å². The predicted octanol–water partition coefficient (Wildman–Crippen LogP) is 2.32. The van der Waals surface area contributed by atoms with E-state index in [4.69, 9.17) is 0 Å². The molecule has 2 rings (SSSR count). The molecule has 6 nitrogen and oxygen atoms in total. The van der Waals surface area contributed by atoms with Crippen molar-refractivity contribution >= 4 is 15.7 Å². The first-order valence-electron chi connectivity index (χ1n) is 6.48. The lowest BCUT2D eigenvalue weighted by molar-refractivity contribution is -0.385. The van der Waals surface area contributed by atoms with E-state index >= 15 is 0 Å². The number of nitrogens with zero attached hydrogens (tertiary/aromatic N) is 2. The summed E-state index contributed by atoms with van der Waals surface area (Å²) in [5.74, 6) is 0.425. The van der Waals surface area contributed by atoms with Gasteiger partial charge in [0.2, 0.25) is 10.0 Å². The maximum atomic E-state index is 12.5. The van der Waals surface area contributed by atoms with Gasteiger partial charge in [0.1, 0.15) is 0 Å². The molecule has 0 bridgehead atoms. The highest BCUT2D eigenvalue weighted by Crippen LogP contribution is 2.36. The highest BCUT2D eigenvalue weighted by molar-refractivity contribution is 7.89. The first-order chi connectivity index (χ1) is 9.25. The largest absolute Gasteiger partial charge is 0.272 e. The molecule has 1 aromatic rings. The molecule has 0 radical (unpaired) electrons. The summed E-state index contributed by atoms with van der Waals surface area (Å²) < 4.78 is 26.4. The second-order valence-electron chi connectivity index (χ2n) is 5.30. The Morgan fingerprint density at radius 3 is 2.45 bits per heavy atom. The summed E-state index contributed by atoms with van der Waals surface area (Å²) in [5.41, 5.74) is 0.283. The van der Waals surface area contributed by atoms with Gasteiger partial charge in [0.25, 0.3) is 5.69 Å². The van der Waals surface area contributed by atoms with Crippen LogP contribution >= 0.6 is 0 Å². The zero-order chi connectivity index (χ0) is 15.1. The zero-order valence-electron chi connectivity index (χ0n) is 11.7. The van der Waals surface area contributed by atoms with Crippen molar-refractivity contribution in [1.82, 2.24) is 4.31 Å². The minimum absolute atomic E-state index is 0.0458. The molecule has 0 aliphatic heterocycles. The minimum Gasteiger partial charge on any atom is -0.258 e. The van der Waals surface area contributed by atoms with Crippen molar-refractivity contribution in [2.45, 2.75) is 37.6 Å². The van der Waals surface area contributed by atoms with Crippen LogP contribution in [0.25, 0.3) is 0 Å². The molecule has 0 amide bonds. The van der Waals surface area contributed by atoms with Crippen molar-refractivity contribution in [3.63, 3.8) is 0 Å². The van der Waals surface area contributed by atoms with Gasteiger partial charge in [0.15, 0.2) is 0 Å². The maximum absolute atomic E-state index is 12.5. The van der Waals surface area contributed by atoms with Crippen LogP contribution in [0, 0.1) is 23.0 Å². The number of hydrogen-bond acceptors (Lipinski definition) is 4. The van der Waals surface area contributed by atoms with Crippen LogP contribution in [0.15, 0.2) is 23.1 Å². The molecule has 110 valence electrons. The van der Waals surface area contributed by atoms with E-state index in [0.717, 1.165) is 12.8 Å². The second-order valence-corrected chi connectivity index (χ2v) is 7.30. The fourth-order valence-corrected chi connectivity index (χ4v) is 3.76. The number of benzene rings is 1. The molecule has 0 saturated heterocycles. The van der Waals surface area contributed by atoms with Gasteiger partial charge in [0, 0.05) is 24.7 Å². The van der Waals surface area contributed by atoms with Crippen LogP contribution in [-0.4, -0.2) is 30.7 Å². The zero-order valence-corrected chi connectivity index (χ0v) is 12.6. The smallest absolute Gasteiger partial charge is 0.258 e. The number of sulfonamides is 1. The average Bonchev–Trinajstić information content (AvgIpc) is 3.20. The highest BCUT2D eigenvalue weighted by atomic mass is 32.2. The van der Waals surface area contributed by atoms with Crippen molar-refractivity contribution in [3.8, 4) is 0 Å². The first-order valence-corrected chi connectivity index (χ1v) is 7.92. The van der Waals surface area contributed by atoms with Gasteiger partial charge in [-0.25, -0.2) is 8.42 Å². The summed E-state index contributed by atoms with van der Waals surface area (Å²) in [5, 5.41) is 10.8. The van der Waals surface area contributed by atoms with Crippen molar-refractivity contribution < 1.29 is 13.3 Å². The van der Waals surface area contributed by atoms with Crippen LogP contribution in [0.3, 0.4) is 0 Å². The first kappa shape index (κ1) is 14.9. The van der Waals surface area contributed by atoms with E-state index in [-0.39, 0.29) is 16.6 Å². The molecule has 0 spiro atoms. The fraction of sp³-hybridized carbons (Fsp3) is 0.538. The van der Waals surface area contributed by atoms with E-state index < -0.39 is 14.9 Å². The Bertz CT molecular complexity index is 638. The van der Waals surface area contributed by atoms with Gasteiger partial charge in [-0.2, -0.15) is 4.31 Å². The molecule has 0 heterocycles. The minimum atomic E-state index is -3.60. The Hall–Kier alpha value is -1.47. The van der Waals surface area contributed by atoms with E-state index in [0.29, 0.717) is 11.5 Å². The molecular weight excluding hydrogens is 280 g/mol. The normalized spacial score (nSPS) is 17.2. The summed E-state index contributed by atoms with van der Waals surface area (Å²) >= 11 is 0. The highest BCUT2D eigenvalue weighted by Gasteiger charge is 2.36. The van der Waals surface area contributed by atoms with Crippen molar-refractivity contribution in [1.29, 1.82) is 0 Å². The monoisotopic (exact) mass is 298 g/mol. The van der Waals surface area contributed by atoms with E-state index in [1.54, 1.807) is 14.0 Å². The Morgan fingerprint density at radius 2 is 2.00 bits per heavy atom. The number of hydrogen-bond donors (Lipinski definition) is 0. The summed E-state index contributed by atoms with van der Waals surface area (Å²) in [4.78, 5) is 10.4.